The molecule has 0 aliphatic carbocycles. The van der Waals surface area contributed by atoms with Gasteiger partial charge >= 0.3 is 5.63 Å². The van der Waals surface area contributed by atoms with Crippen molar-refractivity contribution in [2.75, 3.05) is 37.7 Å². The largest absolute Gasteiger partial charge is 0.422 e. The Labute approximate surface area is 163 Å². The molecule has 1 aromatic carbocycles. The zero-order valence-corrected chi connectivity index (χ0v) is 16.4. The Kier molecular flexibility index (Phi) is 5.83. The average molecular weight is 387 g/mol. The Hall–Kier alpha value is -1.79. The smallest absolute Gasteiger partial charge is 0.349 e. The molecule has 1 aromatic heterocycles. The molecule has 2 aliphatic rings. The van der Waals surface area contributed by atoms with Gasteiger partial charge in [-0.3, -0.25) is 4.79 Å². The lowest BCUT2D eigenvalue weighted by Crippen LogP contribution is -2.49. The minimum Gasteiger partial charge on any atom is -0.422 e. The van der Waals surface area contributed by atoms with Gasteiger partial charge in [0.15, 0.2) is 0 Å². The molecule has 0 bridgehead atoms. The van der Waals surface area contributed by atoms with E-state index in [0.717, 1.165) is 42.9 Å². The van der Waals surface area contributed by atoms with Gasteiger partial charge in [-0.05, 0) is 50.2 Å². The number of likely N-dealkylation sites (tertiary alicyclic amines) is 1. The van der Waals surface area contributed by atoms with E-state index in [1.807, 2.05) is 34.9 Å². The molecule has 6 heteroatoms. The summed E-state index contributed by atoms with van der Waals surface area (Å²) in [5, 5.41) is 0.789. The van der Waals surface area contributed by atoms with Crippen LogP contribution in [0.2, 0.25) is 0 Å². The number of thioether (sulfide) groups is 1. The Bertz CT molecular complexity index is 860. The molecular formula is C21H26N2O3S. The fraction of sp³-hybridized carbons (Fsp3) is 0.524. The first-order valence-electron chi connectivity index (χ1n) is 9.86. The number of rotatable bonds is 3. The van der Waals surface area contributed by atoms with Crippen LogP contribution >= 0.6 is 11.8 Å². The normalized spacial score (nSPS) is 21.9. The van der Waals surface area contributed by atoms with Crippen molar-refractivity contribution < 1.29 is 9.21 Å². The van der Waals surface area contributed by atoms with Gasteiger partial charge in [-0.1, -0.05) is 24.6 Å². The maximum atomic E-state index is 13.3. The highest BCUT2D eigenvalue weighted by Gasteiger charge is 2.30. The van der Waals surface area contributed by atoms with Crippen LogP contribution in [0.25, 0.3) is 11.0 Å². The summed E-state index contributed by atoms with van der Waals surface area (Å²) in [7, 11) is 0. The van der Waals surface area contributed by atoms with Crippen LogP contribution in [0, 0.1) is 0 Å². The van der Waals surface area contributed by atoms with Crippen molar-refractivity contribution in [3.8, 4) is 0 Å². The van der Waals surface area contributed by atoms with Crippen LogP contribution < -0.4 is 5.63 Å². The maximum absolute atomic E-state index is 13.3. The number of hydrogen-bond acceptors (Lipinski definition) is 5. The molecule has 144 valence electrons. The van der Waals surface area contributed by atoms with Crippen LogP contribution in [0.4, 0.5) is 0 Å². The van der Waals surface area contributed by atoms with Crippen LogP contribution in [0.15, 0.2) is 39.5 Å². The number of nitrogens with zero attached hydrogens (tertiary/aromatic N) is 2. The number of benzene rings is 1. The summed E-state index contributed by atoms with van der Waals surface area (Å²) < 4.78 is 5.40. The molecule has 5 nitrogen and oxygen atoms in total. The first kappa shape index (κ1) is 18.6. The molecule has 0 radical (unpaired) electrons. The van der Waals surface area contributed by atoms with E-state index in [1.54, 1.807) is 12.1 Å². The molecular weight excluding hydrogens is 360 g/mol. The van der Waals surface area contributed by atoms with Crippen molar-refractivity contribution in [3.63, 3.8) is 0 Å². The minimum atomic E-state index is -0.535. The average Bonchev–Trinajstić information content (AvgIpc) is 2.93. The van der Waals surface area contributed by atoms with Crippen molar-refractivity contribution in [1.82, 2.24) is 9.80 Å². The summed E-state index contributed by atoms with van der Waals surface area (Å²) in [6.07, 6.45) is 4.74. The standard InChI is InChI=1S/C21H26N2O3S/c24-20(18-13-16-7-2-3-8-19(16)26-21(18)25)23-11-6-12-27-15-17(23)14-22-9-4-1-5-10-22/h2-3,7-8,13,17H,1,4-6,9-12,14-15H2. The summed E-state index contributed by atoms with van der Waals surface area (Å²) in [5.41, 5.74) is 0.145. The zero-order chi connectivity index (χ0) is 18.6. The fourth-order valence-electron chi connectivity index (χ4n) is 4.05. The predicted molar refractivity (Wildman–Crippen MR) is 110 cm³/mol. The van der Waals surface area contributed by atoms with Gasteiger partial charge < -0.3 is 14.2 Å². The lowest BCUT2D eigenvalue weighted by Gasteiger charge is -2.35. The summed E-state index contributed by atoms with van der Waals surface area (Å²) in [6.45, 7) is 3.83. The summed E-state index contributed by atoms with van der Waals surface area (Å²) >= 11 is 1.91. The fourth-order valence-corrected chi connectivity index (χ4v) is 5.11. The van der Waals surface area contributed by atoms with Crippen LogP contribution in [0.3, 0.4) is 0 Å². The highest BCUT2D eigenvalue weighted by atomic mass is 32.2. The topological polar surface area (TPSA) is 53.8 Å². The van der Waals surface area contributed by atoms with Gasteiger partial charge in [-0.2, -0.15) is 11.8 Å². The number of carbonyl (C=O) groups is 1. The number of piperidine rings is 1. The molecule has 1 atom stereocenters. The van der Waals surface area contributed by atoms with Gasteiger partial charge in [-0.25, -0.2) is 4.79 Å². The molecule has 2 aliphatic heterocycles. The predicted octanol–water partition coefficient (Wildman–Crippen LogP) is 3.23. The lowest BCUT2D eigenvalue weighted by atomic mass is 10.1. The molecule has 3 heterocycles. The van der Waals surface area contributed by atoms with E-state index in [0.29, 0.717) is 12.1 Å². The second-order valence-corrected chi connectivity index (χ2v) is 8.58. The molecule has 0 saturated carbocycles. The van der Waals surface area contributed by atoms with Crippen LogP contribution in [0.5, 0.6) is 0 Å². The third-order valence-corrected chi connectivity index (χ3v) is 6.69. The van der Waals surface area contributed by atoms with E-state index in [9.17, 15) is 9.59 Å². The number of amides is 1. The molecule has 2 saturated heterocycles. The monoisotopic (exact) mass is 386 g/mol. The van der Waals surface area contributed by atoms with Gasteiger partial charge in [0.25, 0.3) is 5.91 Å². The Morgan fingerprint density at radius 1 is 1.11 bits per heavy atom. The van der Waals surface area contributed by atoms with Crippen molar-refractivity contribution in [2.24, 2.45) is 0 Å². The van der Waals surface area contributed by atoms with Crippen LogP contribution in [0.1, 0.15) is 36.0 Å². The number of hydrogen-bond donors (Lipinski definition) is 0. The van der Waals surface area contributed by atoms with Crippen LogP contribution in [-0.2, 0) is 0 Å². The van der Waals surface area contributed by atoms with Gasteiger partial charge in [0.2, 0.25) is 0 Å². The second kappa shape index (κ2) is 8.48. The Morgan fingerprint density at radius 2 is 1.93 bits per heavy atom. The summed E-state index contributed by atoms with van der Waals surface area (Å²) in [5.74, 6) is 1.81. The van der Waals surface area contributed by atoms with Gasteiger partial charge in [0, 0.05) is 24.2 Å². The van der Waals surface area contributed by atoms with Crippen molar-refractivity contribution in [2.45, 2.75) is 31.7 Å². The summed E-state index contributed by atoms with van der Waals surface area (Å²) in [6, 6.07) is 9.19. The van der Waals surface area contributed by atoms with E-state index in [1.165, 1.54) is 19.3 Å². The lowest BCUT2D eigenvalue weighted by molar-refractivity contribution is 0.0641. The third-order valence-electron chi connectivity index (χ3n) is 5.49. The number of para-hydroxylation sites is 1. The van der Waals surface area contributed by atoms with Crippen LogP contribution in [-0.4, -0.2) is 59.4 Å². The third kappa shape index (κ3) is 4.22. The molecule has 1 amide bonds. The van der Waals surface area contributed by atoms with Gasteiger partial charge in [0.1, 0.15) is 11.1 Å². The Morgan fingerprint density at radius 3 is 2.78 bits per heavy atom. The van der Waals surface area contributed by atoms with Crippen molar-refractivity contribution in [3.05, 3.63) is 46.3 Å². The van der Waals surface area contributed by atoms with E-state index in [-0.39, 0.29) is 17.5 Å². The first-order chi connectivity index (χ1) is 13.2. The van der Waals surface area contributed by atoms with Gasteiger partial charge in [0.05, 0.1) is 6.04 Å². The van der Waals surface area contributed by atoms with E-state index < -0.39 is 5.63 Å². The van der Waals surface area contributed by atoms with Gasteiger partial charge in [-0.15, -0.1) is 0 Å². The number of carbonyl (C=O) groups excluding carboxylic acids is 1. The van der Waals surface area contributed by atoms with E-state index >= 15 is 0 Å². The summed E-state index contributed by atoms with van der Waals surface area (Å²) in [4.78, 5) is 30.2. The highest BCUT2D eigenvalue weighted by Crippen LogP contribution is 2.22. The molecule has 27 heavy (non-hydrogen) atoms. The van der Waals surface area contributed by atoms with E-state index in [2.05, 4.69) is 4.90 Å². The SMILES string of the molecule is O=C(c1cc2ccccc2oc1=O)N1CCCSCC1CN1CCCCC1. The molecule has 2 fully saturated rings. The maximum Gasteiger partial charge on any atom is 0.349 e. The molecule has 0 N–H and O–H groups in total. The zero-order valence-electron chi connectivity index (χ0n) is 15.6. The highest BCUT2D eigenvalue weighted by molar-refractivity contribution is 7.99. The van der Waals surface area contributed by atoms with Crippen molar-refractivity contribution >= 4 is 28.6 Å². The number of fused-ring (bicyclic) bond motifs is 1. The van der Waals surface area contributed by atoms with Crippen molar-refractivity contribution in [1.29, 1.82) is 0 Å². The quantitative estimate of drug-likeness (QED) is 0.758. The Balaban J connectivity index is 1.60. The first-order valence-corrected chi connectivity index (χ1v) is 11.0. The minimum absolute atomic E-state index is 0.147. The van der Waals surface area contributed by atoms with E-state index in [4.69, 9.17) is 4.42 Å². The molecule has 4 rings (SSSR count). The molecule has 2 aromatic rings. The molecule has 0 spiro atoms. The molecule has 1 unspecified atom stereocenters. The second-order valence-electron chi connectivity index (χ2n) is 7.43.